The van der Waals surface area contributed by atoms with Gasteiger partial charge in [-0.25, -0.2) is 13.1 Å². The van der Waals surface area contributed by atoms with E-state index in [0.717, 1.165) is 11.1 Å². The van der Waals surface area contributed by atoms with Gasteiger partial charge in [0.2, 0.25) is 10.0 Å². The summed E-state index contributed by atoms with van der Waals surface area (Å²) < 4.78 is 27.8. The van der Waals surface area contributed by atoms with E-state index >= 15 is 0 Å². The van der Waals surface area contributed by atoms with E-state index in [9.17, 15) is 13.2 Å². The lowest BCUT2D eigenvalue weighted by Gasteiger charge is -2.17. The molecule has 0 fully saturated rings. The summed E-state index contributed by atoms with van der Waals surface area (Å²) in [6.07, 6.45) is 0. The number of rotatable bonds is 7. The van der Waals surface area contributed by atoms with Crippen molar-refractivity contribution >= 4 is 15.8 Å². The van der Waals surface area contributed by atoms with Gasteiger partial charge in [-0.15, -0.1) is 0 Å². The average Bonchev–Trinajstić information content (AvgIpc) is 2.70. The number of sulfonamides is 1. The number of hydrogen-bond donors (Lipinski definition) is 1. The van der Waals surface area contributed by atoms with Crippen molar-refractivity contribution in [2.45, 2.75) is 17.7 Å². The van der Waals surface area contributed by atoms with E-state index < -0.39 is 15.9 Å². The number of nitrogens with one attached hydrogen (secondary N) is 1. The van der Waals surface area contributed by atoms with Crippen LogP contribution >= 0.6 is 0 Å². The molecule has 27 heavy (non-hydrogen) atoms. The van der Waals surface area contributed by atoms with Gasteiger partial charge in [0, 0.05) is 12.1 Å². The molecule has 138 valence electrons. The van der Waals surface area contributed by atoms with Crippen LogP contribution < -0.4 is 4.72 Å². The van der Waals surface area contributed by atoms with Crippen molar-refractivity contribution in [1.29, 1.82) is 0 Å². The van der Waals surface area contributed by atoms with Crippen molar-refractivity contribution in [2.24, 2.45) is 0 Å². The quantitative estimate of drug-likeness (QED) is 0.633. The number of aryl methyl sites for hydroxylation is 1. The third kappa shape index (κ3) is 4.70. The first-order valence-electron chi connectivity index (χ1n) is 8.68. The second-order valence-corrected chi connectivity index (χ2v) is 8.13. The van der Waals surface area contributed by atoms with Crippen LogP contribution in [-0.4, -0.2) is 20.7 Å². The third-order valence-electron chi connectivity index (χ3n) is 4.39. The van der Waals surface area contributed by atoms with Crippen LogP contribution in [0.3, 0.4) is 0 Å². The molecular formula is C22H21NO3S. The van der Waals surface area contributed by atoms with Crippen molar-refractivity contribution in [2.75, 3.05) is 6.54 Å². The van der Waals surface area contributed by atoms with Crippen molar-refractivity contribution < 1.29 is 13.2 Å². The minimum Gasteiger partial charge on any atom is -0.293 e. The van der Waals surface area contributed by atoms with E-state index in [2.05, 4.69) is 4.72 Å². The van der Waals surface area contributed by atoms with E-state index in [-0.39, 0.29) is 17.2 Å². The average molecular weight is 379 g/mol. The fourth-order valence-electron chi connectivity index (χ4n) is 2.84. The van der Waals surface area contributed by atoms with E-state index in [4.69, 9.17) is 0 Å². The molecule has 0 bridgehead atoms. The van der Waals surface area contributed by atoms with Crippen LogP contribution in [0.1, 0.15) is 27.4 Å². The molecule has 0 saturated carbocycles. The molecule has 5 heteroatoms. The van der Waals surface area contributed by atoms with Crippen molar-refractivity contribution in [3.05, 3.63) is 102 Å². The Hall–Kier alpha value is -2.76. The summed E-state index contributed by atoms with van der Waals surface area (Å²) >= 11 is 0. The van der Waals surface area contributed by atoms with E-state index in [0.29, 0.717) is 5.56 Å². The van der Waals surface area contributed by atoms with Gasteiger partial charge >= 0.3 is 0 Å². The lowest BCUT2D eigenvalue weighted by molar-refractivity contribution is 0.0961. The zero-order chi connectivity index (χ0) is 19.3. The van der Waals surface area contributed by atoms with Crippen molar-refractivity contribution in [3.63, 3.8) is 0 Å². The van der Waals surface area contributed by atoms with Crippen molar-refractivity contribution in [3.8, 4) is 0 Å². The first kappa shape index (κ1) is 19.0. The molecule has 0 aliphatic rings. The summed E-state index contributed by atoms with van der Waals surface area (Å²) in [5.74, 6) is -0.720. The monoisotopic (exact) mass is 379 g/mol. The molecule has 0 heterocycles. The van der Waals surface area contributed by atoms with Crippen LogP contribution in [0, 0.1) is 6.92 Å². The highest BCUT2D eigenvalue weighted by atomic mass is 32.2. The predicted octanol–water partition coefficient (Wildman–Crippen LogP) is 3.94. The Bertz CT molecular complexity index is 998. The van der Waals surface area contributed by atoms with Gasteiger partial charge in [0.05, 0.1) is 10.8 Å². The Balaban J connectivity index is 1.86. The molecule has 0 aliphatic heterocycles. The topological polar surface area (TPSA) is 63.2 Å². The predicted molar refractivity (Wildman–Crippen MR) is 106 cm³/mol. The van der Waals surface area contributed by atoms with Crippen LogP contribution in [-0.2, 0) is 10.0 Å². The lowest BCUT2D eigenvalue weighted by Crippen LogP contribution is -2.32. The number of carbonyl (C=O) groups excluding carboxylic acids is 1. The molecule has 0 radical (unpaired) electrons. The molecule has 3 rings (SSSR count). The van der Waals surface area contributed by atoms with Crippen LogP contribution in [0.2, 0.25) is 0 Å². The summed E-state index contributed by atoms with van der Waals surface area (Å²) in [5, 5.41) is 0. The lowest BCUT2D eigenvalue weighted by atomic mass is 9.91. The Morgan fingerprint density at radius 1 is 0.852 bits per heavy atom. The normalized spacial score (nSPS) is 12.5. The van der Waals surface area contributed by atoms with Gasteiger partial charge in [-0.1, -0.05) is 78.4 Å². The largest absolute Gasteiger partial charge is 0.293 e. The van der Waals surface area contributed by atoms with E-state index in [1.54, 1.807) is 48.5 Å². The molecular weight excluding hydrogens is 358 g/mol. The van der Waals surface area contributed by atoms with Gasteiger partial charge in [-0.3, -0.25) is 4.79 Å². The van der Waals surface area contributed by atoms with Gasteiger partial charge in [-0.2, -0.15) is 0 Å². The standard InChI is InChI=1S/C22H21NO3S/c1-17-12-14-20(15-13-17)27(25,26)23-16-21(18-8-4-2-5-9-18)22(24)19-10-6-3-7-11-19/h2-15,21,23H,16H2,1H3/t21-/m0/s1. The molecule has 0 aliphatic carbocycles. The molecule has 0 spiro atoms. The second-order valence-electron chi connectivity index (χ2n) is 6.36. The van der Waals surface area contributed by atoms with Crippen LogP contribution in [0.4, 0.5) is 0 Å². The van der Waals surface area contributed by atoms with Crippen LogP contribution in [0.5, 0.6) is 0 Å². The van der Waals surface area contributed by atoms with E-state index in [1.807, 2.05) is 43.3 Å². The first-order chi connectivity index (χ1) is 13.0. The van der Waals surface area contributed by atoms with Crippen molar-refractivity contribution in [1.82, 2.24) is 4.72 Å². The maximum Gasteiger partial charge on any atom is 0.240 e. The number of hydrogen-bond acceptors (Lipinski definition) is 3. The number of carbonyl (C=O) groups is 1. The highest BCUT2D eigenvalue weighted by Gasteiger charge is 2.24. The second kappa shape index (κ2) is 8.29. The zero-order valence-electron chi connectivity index (χ0n) is 15.0. The third-order valence-corrected chi connectivity index (χ3v) is 5.82. The minimum absolute atomic E-state index is 0.00600. The Labute approximate surface area is 159 Å². The first-order valence-corrected chi connectivity index (χ1v) is 10.2. The fourth-order valence-corrected chi connectivity index (χ4v) is 3.89. The molecule has 3 aromatic carbocycles. The maximum atomic E-state index is 13.0. The molecule has 0 saturated heterocycles. The number of Topliss-reactive ketones (excluding diaryl/α,β-unsaturated/α-hetero) is 1. The fraction of sp³-hybridized carbons (Fsp3) is 0.136. The smallest absolute Gasteiger partial charge is 0.240 e. The molecule has 0 unspecified atom stereocenters. The molecule has 3 aromatic rings. The molecule has 1 N–H and O–H groups in total. The highest BCUT2D eigenvalue weighted by Crippen LogP contribution is 2.21. The van der Waals surface area contributed by atoms with Crippen LogP contribution in [0.15, 0.2) is 89.8 Å². The van der Waals surface area contributed by atoms with Gasteiger partial charge in [0.1, 0.15) is 0 Å². The van der Waals surface area contributed by atoms with Crippen LogP contribution in [0.25, 0.3) is 0 Å². The van der Waals surface area contributed by atoms with Gasteiger partial charge < -0.3 is 0 Å². The van der Waals surface area contributed by atoms with Gasteiger partial charge in [0.15, 0.2) is 5.78 Å². The molecule has 0 aromatic heterocycles. The highest BCUT2D eigenvalue weighted by molar-refractivity contribution is 7.89. The molecule has 4 nitrogen and oxygen atoms in total. The summed E-state index contributed by atoms with van der Waals surface area (Å²) in [7, 11) is -3.70. The molecule has 1 atom stereocenters. The van der Waals surface area contributed by atoms with Gasteiger partial charge in [-0.05, 0) is 24.6 Å². The summed E-state index contributed by atoms with van der Waals surface area (Å²) in [5.41, 5.74) is 2.31. The number of ketones is 1. The summed E-state index contributed by atoms with van der Waals surface area (Å²) in [6.45, 7) is 1.89. The molecule has 0 amide bonds. The van der Waals surface area contributed by atoms with Gasteiger partial charge in [0.25, 0.3) is 0 Å². The Morgan fingerprint density at radius 2 is 1.41 bits per heavy atom. The number of benzene rings is 3. The SMILES string of the molecule is Cc1ccc(S(=O)(=O)NC[C@H](C(=O)c2ccccc2)c2ccccc2)cc1. The maximum absolute atomic E-state index is 13.0. The summed E-state index contributed by atoms with van der Waals surface area (Å²) in [4.78, 5) is 13.2. The Morgan fingerprint density at radius 3 is 2.00 bits per heavy atom. The van der Waals surface area contributed by atoms with E-state index in [1.165, 1.54) is 0 Å². The minimum atomic E-state index is -3.70. The summed E-state index contributed by atoms with van der Waals surface area (Å²) in [6, 6.07) is 24.8. The Kier molecular flexibility index (Phi) is 5.84. The zero-order valence-corrected chi connectivity index (χ0v) is 15.8.